The summed E-state index contributed by atoms with van der Waals surface area (Å²) < 4.78 is 4.95. The second-order valence-corrected chi connectivity index (χ2v) is 5.99. The Hall–Kier alpha value is -1.79. The van der Waals surface area contributed by atoms with E-state index in [-0.39, 0.29) is 0 Å². The van der Waals surface area contributed by atoms with E-state index in [1.54, 1.807) is 20.8 Å². The number of ether oxygens (including phenoxy) is 1. The average molecular weight is 275 g/mol. The van der Waals surface area contributed by atoms with E-state index in [0.717, 1.165) is 6.92 Å². The number of carbonyl (C=O) groups is 3. The minimum Gasteiger partial charge on any atom is -0.481 e. The minimum absolute atomic E-state index is 0.809. The van der Waals surface area contributed by atoms with Crippen molar-refractivity contribution in [1.82, 2.24) is 5.32 Å². The van der Waals surface area contributed by atoms with Crippen molar-refractivity contribution in [2.75, 3.05) is 0 Å². The lowest BCUT2D eigenvalue weighted by Gasteiger charge is -2.38. The summed E-state index contributed by atoms with van der Waals surface area (Å²) in [6.45, 7) is 8.43. The first-order valence-corrected chi connectivity index (χ1v) is 5.72. The Labute approximate surface area is 111 Å². The molecule has 7 nitrogen and oxygen atoms in total. The predicted octanol–water partition coefficient (Wildman–Crippen LogP) is 1.47. The smallest absolute Gasteiger partial charge is 0.408 e. The molecule has 19 heavy (non-hydrogen) atoms. The van der Waals surface area contributed by atoms with Crippen molar-refractivity contribution in [2.45, 2.75) is 52.7 Å². The Bertz CT molecular complexity index is 396. The van der Waals surface area contributed by atoms with Crippen LogP contribution in [0.5, 0.6) is 0 Å². The first-order valence-electron chi connectivity index (χ1n) is 5.72. The summed E-state index contributed by atoms with van der Waals surface area (Å²) in [7, 11) is 0. The van der Waals surface area contributed by atoms with Crippen molar-refractivity contribution in [1.29, 1.82) is 0 Å². The summed E-state index contributed by atoms with van der Waals surface area (Å²) in [6, 6.07) is 0. The molecule has 0 aliphatic rings. The quantitative estimate of drug-likeness (QED) is 0.716. The van der Waals surface area contributed by atoms with Crippen molar-refractivity contribution < 1.29 is 29.3 Å². The van der Waals surface area contributed by atoms with E-state index >= 15 is 0 Å². The molecule has 0 aromatic rings. The number of nitrogens with one attached hydrogen (secondary N) is 1. The minimum atomic E-state index is -2.00. The van der Waals surface area contributed by atoms with Crippen LogP contribution in [0.3, 0.4) is 0 Å². The number of amides is 1. The largest absolute Gasteiger partial charge is 0.481 e. The molecule has 0 unspecified atom stereocenters. The van der Waals surface area contributed by atoms with Crippen LogP contribution in [-0.4, -0.2) is 39.4 Å². The molecule has 0 aliphatic carbocycles. The normalized spacial score (nSPS) is 15.3. The maximum Gasteiger partial charge on any atom is 0.408 e. The molecule has 7 heteroatoms. The molecule has 1 atom stereocenters. The van der Waals surface area contributed by atoms with E-state index in [2.05, 4.69) is 5.32 Å². The summed E-state index contributed by atoms with van der Waals surface area (Å²) in [5.74, 6) is -2.79. The average Bonchev–Trinajstić information content (AvgIpc) is 2.12. The van der Waals surface area contributed by atoms with Gasteiger partial charge in [-0.25, -0.2) is 9.59 Å². The molecule has 0 spiro atoms. The molecular formula is C12H21NO6. The van der Waals surface area contributed by atoms with Gasteiger partial charge in [-0.05, 0) is 41.5 Å². The van der Waals surface area contributed by atoms with Gasteiger partial charge in [0.05, 0.1) is 5.41 Å². The van der Waals surface area contributed by atoms with Gasteiger partial charge in [-0.15, -0.1) is 0 Å². The van der Waals surface area contributed by atoms with Crippen molar-refractivity contribution in [3.8, 4) is 0 Å². The van der Waals surface area contributed by atoms with E-state index in [9.17, 15) is 19.5 Å². The number of carboxylic acid groups (broad SMARTS) is 2. The van der Waals surface area contributed by atoms with E-state index in [4.69, 9.17) is 9.84 Å². The van der Waals surface area contributed by atoms with Gasteiger partial charge in [-0.2, -0.15) is 0 Å². The summed E-state index contributed by atoms with van der Waals surface area (Å²) in [6.07, 6.45) is -0.980. The van der Waals surface area contributed by atoms with Crippen LogP contribution in [0, 0.1) is 5.41 Å². The zero-order chi connectivity index (χ0) is 15.6. The topological polar surface area (TPSA) is 113 Å². The standard InChI is InChI=1S/C12H21NO6/c1-10(2,3)19-9(18)13-12(6,8(16)17)11(4,5)7(14)15/h1-6H3,(H,13,18)(H,14,15)(H,16,17)/t12-/m1/s1. The summed E-state index contributed by atoms with van der Waals surface area (Å²) in [4.78, 5) is 34.2. The molecule has 0 aliphatic heterocycles. The lowest BCUT2D eigenvalue weighted by Crippen LogP contribution is -2.64. The van der Waals surface area contributed by atoms with Crippen LogP contribution in [0.2, 0.25) is 0 Å². The van der Waals surface area contributed by atoms with E-state index < -0.39 is 34.6 Å². The fraction of sp³-hybridized carbons (Fsp3) is 0.750. The van der Waals surface area contributed by atoms with Crippen molar-refractivity contribution >= 4 is 18.0 Å². The van der Waals surface area contributed by atoms with Gasteiger partial charge in [0.15, 0.2) is 5.54 Å². The van der Waals surface area contributed by atoms with E-state index in [1.165, 1.54) is 13.8 Å². The number of alkyl carbamates (subject to hydrolysis) is 1. The van der Waals surface area contributed by atoms with Crippen LogP contribution < -0.4 is 5.32 Å². The van der Waals surface area contributed by atoms with Gasteiger partial charge >= 0.3 is 18.0 Å². The number of carboxylic acids is 2. The fourth-order valence-corrected chi connectivity index (χ4v) is 1.20. The molecule has 0 aromatic heterocycles. The monoisotopic (exact) mass is 275 g/mol. The van der Waals surface area contributed by atoms with Crippen LogP contribution in [0.25, 0.3) is 0 Å². The molecule has 0 fully saturated rings. The maximum absolute atomic E-state index is 11.7. The number of hydrogen-bond acceptors (Lipinski definition) is 4. The Morgan fingerprint density at radius 1 is 0.895 bits per heavy atom. The zero-order valence-corrected chi connectivity index (χ0v) is 12.0. The molecule has 0 radical (unpaired) electrons. The van der Waals surface area contributed by atoms with Gasteiger partial charge < -0.3 is 20.3 Å². The zero-order valence-electron chi connectivity index (χ0n) is 12.0. The molecule has 0 saturated carbocycles. The lowest BCUT2D eigenvalue weighted by atomic mass is 9.73. The highest BCUT2D eigenvalue weighted by Crippen LogP contribution is 2.32. The first-order chi connectivity index (χ1) is 8.24. The highest BCUT2D eigenvalue weighted by Gasteiger charge is 2.54. The van der Waals surface area contributed by atoms with E-state index in [0.29, 0.717) is 0 Å². The molecule has 110 valence electrons. The highest BCUT2D eigenvalue weighted by atomic mass is 16.6. The first kappa shape index (κ1) is 17.2. The number of rotatable bonds is 4. The molecular weight excluding hydrogens is 254 g/mol. The summed E-state index contributed by atoms with van der Waals surface area (Å²) >= 11 is 0. The molecule has 0 aromatic carbocycles. The molecule has 0 heterocycles. The molecule has 0 bridgehead atoms. The van der Waals surface area contributed by atoms with Crippen LogP contribution in [0.4, 0.5) is 4.79 Å². The van der Waals surface area contributed by atoms with Crippen LogP contribution >= 0.6 is 0 Å². The molecule has 1 amide bonds. The Morgan fingerprint density at radius 2 is 1.32 bits per heavy atom. The number of carbonyl (C=O) groups excluding carboxylic acids is 1. The summed E-state index contributed by atoms with van der Waals surface area (Å²) in [5.41, 5.74) is -4.52. The number of hydrogen-bond donors (Lipinski definition) is 3. The second kappa shape index (κ2) is 5.07. The van der Waals surface area contributed by atoms with Gasteiger partial charge in [-0.3, -0.25) is 4.79 Å². The van der Waals surface area contributed by atoms with E-state index in [1.807, 2.05) is 0 Å². The maximum atomic E-state index is 11.7. The number of aliphatic carboxylic acids is 2. The Balaban J connectivity index is 5.31. The third kappa shape index (κ3) is 3.84. The van der Waals surface area contributed by atoms with Gasteiger partial charge in [0.25, 0.3) is 0 Å². The van der Waals surface area contributed by atoms with Crippen LogP contribution in [0.1, 0.15) is 41.5 Å². The lowest BCUT2D eigenvalue weighted by molar-refractivity contribution is -0.163. The van der Waals surface area contributed by atoms with Crippen LogP contribution in [-0.2, 0) is 14.3 Å². The van der Waals surface area contributed by atoms with Crippen molar-refractivity contribution in [3.05, 3.63) is 0 Å². The van der Waals surface area contributed by atoms with Gasteiger partial charge in [0.1, 0.15) is 5.60 Å². The molecule has 0 saturated heterocycles. The second-order valence-electron chi connectivity index (χ2n) is 5.99. The van der Waals surface area contributed by atoms with Gasteiger partial charge in [0.2, 0.25) is 0 Å². The fourth-order valence-electron chi connectivity index (χ4n) is 1.20. The highest BCUT2D eigenvalue weighted by molar-refractivity contribution is 5.92. The van der Waals surface area contributed by atoms with Crippen LogP contribution in [0.15, 0.2) is 0 Å². The summed E-state index contributed by atoms with van der Waals surface area (Å²) in [5, 5.41) is 20.5. The SMILES string of the molecule is CC(C)(C)OC(=O)N[C@](C)(C(=O)O)C(C)(C)C(=O)O. The van der Waals surface area contributed by atoms with Crippen molar-refractivity contribution in [2.24, 2.45) is 5.41 Å². The third-order valence-corrected chi connectivity index (χ3v) is 2.96. The van der Waals surface area contributed by atoms with Gasteiger partial charge in [-0.1, -0.05) is 0 Å². The van der Waals surface area contributed by atoms with Gasteiger partial charge in [0, 0.05) is 0 Å². The molecule has 0 rings (SSSR count). The molecule has 3 N–H and O–H groups in total. The predicted molar refractivity (Wildman–Crippen MR) is 66.8 cm³/mol. The van der Waals surface area contributed by atoms with Crippen molar-refractivity contribution in [3.63, 3.8) is 0 Å². The Morgan fingerprint density at radius 3 is 1.58 bits per heavy atom. The Kier molecular flexibility index (Phi) is 4.59. The third-order valence-electron chi connectivity index (χ3n) is 2.96.